The fourth-order valence-electron chi connectivity index (χ4n) is 5.45. The zero-order valence-corrected chi connectivity index (χ0v) is 21.8. The number of hydrogen-bond donors (Lipinski definition) is 4. The minimum absolute atomic E-state index is 0.0415. The predicted octanol–water partition coefficient (Wildman–Crippen LogP) is 5.20. The van der Waals surface area contributed by atoms with Gasteiger partial charge in [-0.2, -0.15) is 4.98 Å². The number of amides is 1. The van der Waals surface area contributed by atoms with Gasteiger partial charge in [0.1, 0.15) is 11.3 Å². The van der Waals surface area contributed by atoms with Crippen molar-refractivity contribution in [1.29, 1.82) is 0 Å². The Kier molecular flexibility index (Phi) is 7.69. The Labute approximate surface area is 224 Å². The number of aliphatic hydroxyl groups is 1. The Balaban J connectivity index is 1.48. The molecule has 2 aliphatic rings. The number of fused-ring (bicyclic) bond motifs is 1. The first-order valence-corrected chi connectivity index (χ1v) is 13.4. The average Bonchev–Trinajstić information content (AvgIpc) is 3.23. The second-order valence-electron chi connectivity index (χ2n) is 9.98. The van der Waals surface area contributed by atoms with E-state index in [2.05, 4.69) is 20.6 Å². The molecule has 2 fully saturated rings. The van der Waals surface area contributed by atoms with Gasteiger partial charge in [0.05, 0.1) is 23.0 Å². The molecular weight excluding hydrogens is 520 g/mol. The number of aromatic nitrogens is 4. The highest BCUT2D eigenvalue weighted by Crippen LogP contribution is 2.38. The van der Waals surface area contributed by atoms with E-state index in [-0.39, 0.29) is 45.6 Å². The lowest BCUT2D eigenvalue weighted by atomic mass is 9.85. The van der Waals surface area contributed by atoms with Crippen molar-refractivity contribution in [3.05, 3.63) is 34.2 Å². The lowest BCUT2D eigenvalue weighted by Crippen LogP contribution is -2.30. The van der Waals surface area contributed by atoms with E-state index in [1.165, 1.54) is 12.1 Å². The van der Waals surface area contributed by atoms with E-state index >= 15 is 0 Å². The van der Waals surface area contributed by atoms with E-state index in [9.17, 15) is 14.3 Å². The Morgan fingerprint density at radius 3 is 2.59 bits per heavy atom. The van der Waals surface area contributed by atoms with Crippen LogP contribution in [0.1, 0.15) is 57.4 Å². The lowest BCUT2D eigenvalue weighted by molar-refractivity contribution is -0.122. The predicted molar refractivity (Wildman–Crippen MR) is 142 cm³/mol. The van der Waals surface area contributed by atoms with Crippen LogP contribution in [0.15, 0.2) is 18.3 Å². The summed E-state index contributed by atoms with van der Waals surface area (Å²) in [5.41, 5.74) is 6.72. The van der Waals surface area contributed by atoms with Crippen LogP contribution < -0.4 is 16.4 Å². The summed E-state index contributed by atoms with van der Waals surface area (Å²) in [6.45, 7) is 0.571. The maximum absolute atomic E-state index is 14.8. The smallest absolute Gasteiger partial charge is 0.224 e. The monoisotopic (exact) mass is 549 g/mol. The van der Waals surface area contributed by atoms with Gasteiger partial charge in [-0.25, -0.2) is 14.4 Å². The standard InChI is InChI=1S/C25H30Cl2FN7O2/c26-15-9-17(27)21(18(28)10-15)33-25-32-19-12-31-24(30-11-14-3-1-2-4-20(14)36)34-23(19)35(25)16-7-5-13(6-8-16)22(29)37/h9-10,12-14,16,20,36H,1-8,11H2,(H2,29,37)(H,32,33)(H,30,31,34)/t13?,14-,16?,20-/m0/s1. The zero-order chi connectivity index (χ0) is 26.1. The van der Waals surface area contributed by atoms with Crippen molar-refractivity contribution in [2.45, 2.75) is 63.5 Å². The van der Waals surface area contributed by atoms with Crippen molar-refractivity contribution in [2.24, 2.45) is 17.6 Å². The van der Waals surface area contributed by atoms with Gasteiger partial charge in [0.2, 0.25) is 17.8 Å². The van der Waals surface area contributed by atoms with E-state index in [0.717, 1.165) is 25.7 Å². The van der Waals surface area contributed by atoms with Crippen LogP contribution >= 0.6 is 23.2 Å². The Morgan fingerprint density at radius 1 is 1.14 bits per heavy atom. The largest absolute Gasteiger partial charge is 0.393 e. The fraction of sp³-hybridized carbons (Fsp3) is 0.520. The van der Waals surface area contributed by atoms with E-state index in [1.807, 2.05) is 4.57 Å². The molecular formula is C25H30Cl2FN7O2. The van der Waals surface area contributed by atoms with E-state index < -0.39 is 5.82 Å². The summed E-state index contributed by atoms with van der Waals surface area (Å²) >= 11 is 12.2. The molecule has 0 bridgehead atoms. The van der Waals surface area contributed by atoms with Gasteiger partial charge in [-0.1, -0.05) is 36.0 Å². The summed E-state index contributed by atoms with van der Waals surface area (Å²) in [6, 6.07) is 2.60. The van der Waals surface area contributed by atoms with Crippen molar-refractivity contribution in [2.75, 3.05) is 17.2 Å². The molecule has 12 heteroatoms. The van der Waals surface area contributed by atoms with Gasteiger partial charge in [-0.3, -0.25) is 9.36 Å². The number of carbonyl (C=O) groups excluding carboxylic acids is 1. The van der Waals surface area contributed by atoms with Gasteiger partial charge in [0.15, 0.2) is 5.65 Å². The van der Waals surface area contributed by atoms with Crippen molar-refractivity contribution in [3.63, 3.8) is 0 Å². The third-order valence-electron chi connectivity index (χ3n) is 7.53. The maximum atomic E-state index is 14.8. The minimum Gasteiger partial charge on any atom is -0.393 e. The summed E-state index contributed by atoms with van der Waals surface area (Å²) in [5, 5.41) is 16.9. The van der Waals surface area contributed by atoms with Crippen molar-refractivity contribution in [3.8, 4) is 0 Å². The molecule has 9 nitrogen and oxygen atoms in total. The fourth-order valence-corrected chi connectivity index (χ4v) is 5.97. The molecule has 0 unspecified atom stereocenters. The highest BCUT2D eigenvalue weighted by atomic mass is 35.5. The number of nitrogens with zero attached hydrogens (tertiary/aromatic N) is 4. The summed E-state index contributed by atoms with van der Waals surface area (Å²) in [6.07, 6.45) is 7.87. The molecule has 2 aromatic heterocycles. The van der Waals surface area contributed by atoms with Crippen LogP contribution in [0.25, 0.3) is 11.2 Å². The number of halogens is 3. The lowest BCUT2D eigenvalue weighted by Gasteiger charge is -2.29. The van der Waals surface area contributed by atoms with Gasteiger partial charge in [0.25, 0.3) is 0 Å². The SMILES string of the molecule is NC(=O)C1CCC(n2c(Nc3c(F)cc(Cl)cc3Cl)nc3cnc(NC[C@@H]4CCCC[C@@H]4O)nc32)CC1. The number of primary amides is 1. The van der Waals surface area contributed by atoms with Crippen molar-refractivity contribution < 1.29 is 14.3 Å². The molecule has 2 heterocycles. The third-order valence-corrected chi connectivity index (χ3v) is 8.05. The topological polar surface area (TPSA) is 131 Å². The Bertz CT molecular complexity index is 1270. The van der Waals surface area contributed by atoms with Crippen LogP contribution in [-0.2, 0) is 4.79 Å². The van der Waals surface area contributed by atoms with Crippen LogP contribution in [-0.4, -0.2) is 43.2 Å². The minimum atomic E-state index is -0.604. The molecule has 0 aliphatic heterocycles. The van der Waals surface area contributed by atoms with Gasteiger partial charge < -0.3 is 21.5 Å². The van der Waals surface area contributed by atoms with Gasteiger partial charge in [-0.15, -0.1) is 0 Å². The molecule has 1 amide bonds. The van der Waals surface area contributed by atoms with Crippen LogP contribution in [0.4, 0.5) is 22.0 Å². The van der Waals surface area contributed by atoms with Gasteiger partial charge in [-0.05, 0) is 50.7 Å². The number of hydrogen-bond acceptors (Lipinski definition) is 7. The number of benzene rings is 1. The van der Waals surface area contributed by atoms with E-state index in [1.54, 1.807) is 6.20 Å². The number of nitrogens with one attached hydrogen (secondary N) is 2. The molecule has 1 aromatic carbocycles. The summed E-state index contributed by atoms with van der Waals surface area (Å²) < 4.78 is 16.7. The first-order chi connectivity index (χ1) is 17.8. The Hall–Kier alpha value is -2.69. The number of rotatable bonds is 7. The number of aliphatic hydroxyl groups excluding tert-OH is 1. The number of anilines is 3. The van der Waals surface area contributed by atoms with Gasteiger partial charge in [0, 0.05) is 29.4 Å². The molecule has 0 radical (unpaired) electrons. The second-order valence-corrected chi connectivity index (χ2v) is 10.8. The third kappa shape index (κ3) is 5.61. The first-order valence-electron chi connectivity index (χ1n) is 12.7. The molecule has 2 atom stereocenters. The molecule has 2 saturated carbocycles. The first kappa shape index (κ1) is 25.9. The highest BCUT2D eigenvalue weighted by molar-refractivity contribution is 6.36. The molecule has 0 saturated heterocycles. The molecule has 5 rings (SSSR count). The van der Waals surface area contributed by atoms with Crippen LogP contribution in [0, 0.1) is 17.7 Å². The number of carbonyl (C=O) groups is 1. The molecule has 5 N–H and O–H groups in total. The van der Waals surface area contributed by atoms with Crippen molar-refractivity contribution >= 4 is 57.9 Å². The molecule has 0 spiro atoms. The molecule has 37 heavy (non-hydrogen) atoms. The second kappa shape index (κ2) is 11.0. The molecule has 3 aromatic rings. The normalized spacial score (nSPS) is 24.2. The maximum Gasteiger partial charge on any atom is 0.224 e. The Morgan fingerprint density at radius 2 is 1.89 bits per heavy atom. The number of nitrogens with two attached hydrogens (primary N) is 1. The quantitative estimate of drug-likeness (QED) is 0.318. The van der Waals surface area contributed by atoms with Crippen LogP contribution in [0.3, 0.4) is 0 Å². The highest BCUT2D eigenvalue weighted by Gasteiger charge is 2.30. The summed E-state index contributed by atoms with van der Waals surface area (Å²) in [4.78, 5) is 25.5. The average molecular weight is 550 g/mol. The summed E-state index contributed by atoms with van der Waals surface area (Å²) in [7, 11) is 0. The van der Waals surface area contributed by atoms with E-state index in [0.29, 0.717) is 55.3 Å². The zero-order valence-electron chi connectivity index (χ0n) is 20.3. The van der Waals surface area contributed by atoms with Crippen LogP contribution in [0.2, 0.25) is 10.0 Å². The van der Waals surface area contributed by atoms with Crippen LogP contribution in [0.5, 0.6) is 0 Å². The molecule has 2 aliphatic carbocycles. The molecule has 198 valence electrons. The van der Waals surface area contributed by atoms with E-state index in [4.69, 9.17) is 33.9 Å². The number of imidazole rings is 1. The summed E-state index contributed by atoms with van der Waals surface area (Å²) in [5.74, 6) is -0.114. The van der Waals surface area contributed by atoms with Crippen molar-refractivity contribution in [1.82, 2.24) is 19.5 Å². The van der Waals surface area contributed by atoms with Gasteiger partial charge >= 0.3 is 0 Å².